The molecule has 0 aliphatic heterocycles. The normalized spacial score (nSPS) is 12.0. The van der Waals surface area contributed by atoms with E-state index in [-0.39, 0.29) is 0 Å². The van der Waals surface area contributed by atoms with Gasteiger partial charge in [0.15, 0.2) is 0 Å². The Labute approximate surface area is 172 Å². The molecule has 1 nitrogen and oxygen atoms in total. The molecule has 4 aromatic carbocycles. The number of aryl methyl sites for hydroxylation is 1. The Morgan fingerprint density at radius 1 is 0.667 bits per heavy atom. The van der Waals surface area contributed by atoms with Crippen LogP contribution in [0.15, 0.2) is 91.0 Å². The molecule has 1 heterocycles. The van der Waals surface area contributed by atoms with Crippen LogP contribution in [0.25, 0.3) is 38.6 Å². The maximum Gasteiger partial charge on any atom is 0.416 e. The van der Waals surface area contributed by atoms with Gasteiger partial charge in [-0.15, -0.1) is 0 Å². The highest BCUT2D eigenvalue weighted by Crippen LogP contribution is 2.41. The molecule has 0 saturated carbocycles. The maximum absolute atomic E-state index is 13.6. The van der Waals surface area contributed by atoms with Gasteiger partial charge in [-0.3, -0.25) is 0 Å². The van der Waals surface area contributed by atoms with Gasteiger partial charge in [0, 0.05) is 16.3 Å². The smallest absolute Gasteiger partial charge is 0.308 e. The first-order valence-electron chi connectivity index (χ1n) is 9.71. The summed E-state index contributed by atoms with van der Waals surface area (Å²) in [4.78, 5) is 0. The monoisotopic (exact) mass is 401 g/mol. The summed E-state index contributed by atoms with van der Waals surface area (Å²) in [5, 5.41) is 2.15. The van der Waals surface area contributed by atoms with Crippen molar-refractivity contribution in [1.82, 2.24) is 4.57 Å². The highest BCUT2D eigenvalue weighted by Gasteiger charge is 2.32. The first kappa shape index (κ1) is 18.5. The summed E-state index contributed by atoms with van der Waals surface area (Å²) in [5.41, 5.74) is 3.97. The van der Waals surface area contributed by atoms with Gasteiger partial charge < -0.3 is 4.57 Å². The zero-order valence-electron chi connectivity index (χ0n) is 16.2. The SMILES string of the molecule is Cc1cc(C(F)(F)F)cc(-c2ccccc2)c1-n1c2ccccc2c2ccccc21. The number of para-hydroxylation sites is 2. The van der Waals surface area contributed by atoms with E-state index in [2.05, 4.69) is 16.7 Å². The van der Waals surface area contributed by atoms with Crippen LogP contribution in [0.1, 0.15) is 11.1 Å². The standard InChI is InChI=1S/C26H18F3N/c1-17-15-19(26(27,28)29)16-22(18-9-3-2-4-10-18)25(17)30-23-13-7-5-11-20(23)21-12-6-8-14-24(21)30/h2-16H,1H3. The molecule has 0 N–H and O–H groups in total. The summed E-state index contributed by atoms with van der Waals surface area (Å²) in [7, 11) is 0. The second-order valence-electron chi connectivity index (χ2n) is 7.42. The number of hydrogen-bond donors (Lipinski definition) is 0. The quantitative estimate of drug-likeness (QED) is 0.285. The lowest BCUT2D eigenvalue weighted by atomic mass is 9.96. The minimum absolute atomic E-state index is 0.564. The highest BCUT2D eigenvalue weighted by molar-refractivity contribution is 6.09. The Morgan fingerprint density at radius 2 is 1.20 bits per heavy atom. The second-order valence-corrected chi connectivity index (χ2v) is 7.42. The molecule has 0 aliphatic carbocycles. The van der Waals surface area contributed by atoms with Crippen LogP contribution in [0.3, 0.4) is 0 Å². The van der Waals surface area contributed by atoms with Crippen LogP contribution in [0.2, 0.25) is 0 Å². The summed E-state index contributed by atoms with van der Waals surface area (Å²) >= 11 is 0. The molecular formula is C26H18F3N. The van der Waals surface area contributed by atoms with Crippen LogP contribution < -0.4 is 0 Å². The molecule has 1 aromatic heterocycles. The Bertz CT molecular complexity index is 1330. The zero-order chi connectivity index (χ0) is 20.9. The molecule has 5 rings (SSSR count). The number of alkyl halides is 3. The fourth-order valence-electron chi connectivity index (χ4n) is 4.24. The summed E-state index contributed by atoms with van der Waals surface area (Å²) in [6, 6.07) is 27.8. The molecule has 148 valence electrons. The fourth-order valence-corrected chi connectivity index (χ4v) is 4.24. The van der Waals surface area contributed by atoms with Crippen molar-refractivity contribution in [2.75, 3.05) is 0 Å². The number of hydrogen-bond acceptors (Lipinski definition) is 0. The minimum atomic E-state index is -4.41. The largest absolute Gasteiger partial charge is 0.416 e. The highest BCUT2D eigenvalue weighted by atomic mass is 19.4. The molecule has 5 aromatic rings. The summed E-state index contributed by atoms with van der Waals surface area (Å²) in [6.07, 6.45) is -4.41. The summed E-state index contributed by atoms with van der Waals surface area (Å²) < 4.78 is 43.0. The molecule has 0 amide bonds. The number of rotatable bonds is 2. The average Bonchev–Trinajstić information content (AvgIpc) is 3.07. The van der Waals surface area contributed by atoms with Gasteiger partial charge in [0.2, 0.25) is 0 Å². The van der Waals surface area contributed by atoms with Crippen molar-refractivity contribution < 1.29 is 13.2 Å². The number of halogens is 3. The van der Waals surface area contributed by atoms with Crippen molar-refractivity contribution in [3.8, 4) is 16.8 Å². The summed E-state index contributed by atoms with van der Waals surface area (Å²) in [6.45, 7) is 1.75. The van der Waals surface area contributed by atoms with Gasteiger partial charge in [0.05, 0.1) is 22.3 Å². The molecule has 0 saturated heterocycles. The first-order chi connectivity index (χ1) is 14.4. The van der Waals surface area contributed by atoms with Gasteiger partial charge in [-0.25, -0.2) is 0 Å². The third-order valence-corrected chi connectivity index (χ3v) is 5.52. The van der Waals surface area contributed by atoms with E-state index in [0.717, 1.165) is 33.1 Å². The number of aromatic nitrogens is 1. The predicted molar refractivity (Wildman–Crippen MR) is 116 cm³/mol. The average molecular weight is 401 g/mol. The van der Waals surface area contributed by atoms with Crippen LogP contribution in [0.5, 0.6) is 0 Å². The van der Waals surface area contributed by atoms with Crippen molar-refractivity contribution in [3.63, 3.8) is 0 Å². The second kappa shape index (κ2) is 6.77. The van der Waals surface area contributed by atoms with Crippen LogP contribution in [-0.4, -0.2) is 4.57 Å². The number of benzene rings is 4. The number of nitrogens with zero attached hydrogens (tertiary/aromatic N) is 1. The van der Waals surface area contributed by atoms with E-state index < -0.39 is 11.7 Å². The van der Waals surface area contributed by atoms with Gasteiger partial charge in [0.1, 0.15) is 0 Å². The lowest BCUT2D eigenvalue weighted by Gasteiger charge is -2.19. The molecule has 0 fully saturated rings. The van der Waals surface area contributed by atoms with Gasteiger partial charge in [-0.2, -0.15) is 13.2 Å². The van der Waals surface area contributed by atoms with E-state index in [4.69, 9.17) is 0 Å². The van der Waals surface area contributed by atoms with Crippen molar-refractivity contribution in [2.45, 2.75) is 13.1 Å². The first-order valence-corrected chi connectivity index (χ1v) is 9.71. The third-order valence-electron chi connectivity index (χ3n) is 5.52. The summed E-state index contributed by atoms with van der Waals surface area (Å²) in [5.74, 6) is 0. The Kier molecular flexibility index (Phi) is 4.17. The van der Waals surface area contributed by atoms with Gasteiger partial charge in [-0.05, 0) is 42.3 Å². The van der Waals surface area contributed by atoms with Crippen molar-refractivity contribution in [1.29, 1.82) is 0 Å². The van der Waals surface area contributed by atoms with Crippen LogP contribution in [-0.2, 0) is 6.18 Å². The van der Waals surface area contributed by atoms with Gasteiger partial charge in [-0.1, -0.05) is 66.7 Å². The third kappa shape index (κ3) is 2.88. The topological polar surface area (TPSA) is 4.93 Å². The molecule has 4 heteroatoms. The van der Waals surface area contributed by atoms with E-state index in [0.29, 0.717) is 11.1 Å². The van der Waals surface area contributed by atoms with E-state index in [1.54, 1.807) is 6.92 Å². The predicted octanol–water partition coefficient (Wildman–Crippen LogP) is 7.78. The van der Waals surface area contributed by atoms with Crippen LogP contribution in [0, 0.1) is 6.92 Å². The Morgan fingerprint density at radius 3 is 1.77 bits per heavy atom. The lowest BCUT2D eigenvalue weighted by Crippen LogP contribution is -2.08. The van der Waals surface area contributed by atoms with E-state index in [1.807, 2.05) is 66.7 Å². The van der Waals surface area contributed by atoms with Crippen molar-refractivity contribution in [2.24, 2.45) is 0 Å². The molecule has 0 aliphatic rings. The van der Waals surface area contributed by atoms with E-state index in [1.165, 1.54) is 12.1 Å². The van der Waals surface area contributed by atoms with Crippen LogP contribution in [0.4, 0.5) is 13.2 Å². The van der Waals surface area contributed by atoms with E-state index in [9.17, 15) is 13.2 Å². The molecule has 0 bridgehead atoms. The van der Waals surface area contributed by atoms with Crippen LogP contribution >= 0.6 is 0 Å². The molecule has 0 radical (unpaired) electrons. The molecule has 0 spiro atoms. The van der Waals surface area contributed by atoms with Gasteiger partial charge in [0.25, 0.3) is 0 Å². The number of fused-ring (bicyclic) bond motifs is 3. The van der Waals surface area contributed by atoms with Crippen molar-refractivity contribution >= 4 is 21.8 Å². The molecule has 0 atom stereocenters. The Hall–Kier alpha value is -3.53. The Balaban J connectivity index is 1.95. The molecular weight excluding hydrogens is 383 g/mol. The molecule has 0 unspecified atom stereocenters. The minimum Gasteiger partial charge on any atom is -0.308 e. The lowest BCUT2D eigenvalue weighted by molar-refractivity contribution is -0.137. The van der Waals surface area contributed by atoms with Gasteiger partial charge >= 0.3 is 6.18 Å². The molecule has 30 heavy (non-hydrogen) atoms. The van der Waals surface area contributed by atoms with E-state index >= 15 is 0 Å². The van der Waals surface area contributed by atoms with Crippen molar-refractivity contribution in [3.05, 3.63) is 102 Å². The zero-order valence-corrected chi connectivity index (χ0v) is 16.2. The maximum atomic E-state index is 13.6. The fraction of sp³-hybridized carbons (Fsp3) is 0.0769.